The fourth-order valence-electron chi connectivity index (χ4n) is 4.69. The van der Waals surface area contributed by atoms with Crippen LogP contribution >= 0.6 is 0 Å². The maximum absolute atomic E-state index is 13.8. The molecule has 184 valence electrons. The topological polar surface area (TPSA) is 96.5 Å². The van der Waals surface area contributed by atoms with Crippen molar-refractivity contribution in [1.29, 1.82) is 0 Å². The highest BCUT2D eigenvalue weighted by atomic mass is 16.5. The van der Waals surface area contributed by atoms with Crippen LogP contribution in [0.1, 0.15) is 72.7 Å². The summed E-state index contributed by atoms with van der Waals surface area (Å²) in [7, 11) is 1.59. The molecule has 0 spiro atoms. The summed E-state index contributed by atoms with van der Waals surface area (Å²) in [6, 6.07) is 8.21. The van der Waals surface area contributed by atoms with E-state index in [9.17, 15) is 9.59 Å². The Labute approximate surface area is 206 Å². The lowest BCUT2D eigenvalue weighted by Gasteiger charge is -2.33. The van der Waals surface area contributed by atoms with Crippen molar-refractivity contribution < 1.29 is 18.7 Å². The van der Waals surface area contributed by atoms with Gasteiger partial charge >= 0.3 is 0 Å². The van der Waals surface area contributed by atoms with E-state index in [4.69, 9.17) is 15.6 Å². The van der Waals surface area contributed by atoms with Crippen LogP contribution in [-0.4, -0.2) is 42.1 Å². The minimum atomic E-state index is -0.827. The summed E-state index contributed by atoms with van der Waals surface area (Å²) in [5.74, 6) is 3.35. The Morgan fingerprint density at radius 1 is 1.23 bits per heavy atom. The number of furan rings is 1. The van der Waals surface area contributed by atoms with Crippen molar-refractivity contribution in [2.24, 2.45) is 10.2 Å². The number of hydrogen-bond acceptors (Lipinski definition) is 6. The Kier molecular flexibility index (Phi) is 7.54. The lowest BCUT2D eigenvalue weighted by molar-refractivity contribution is -0.126. The van der Waals surface area contributed by atoms with Crippen LogP contribution in [0.25, 0.3) is 0 Å². The van der Waals surface area contributed by atoms with Crippen LogP contribution in [0.15, 0.2) is 51.2 Å². The van der Waals surface area contributed by atoms with Gasteiger partial charge in [-0.25, -0.2) is 0 Å². The van der Waals surface area contributed by atoms with Gasteiger partial charge in [-0.1, -0.05) is 25.0 Å². The van der Waals surface area contributed by atoms with E-state index in [-0.39, 0.29) is 24.4 Å². The van der Waals surface area contributed by atoms with Gasteiger partial charge in [0.15, 0.2) is 5.66 Å². The molecular weight excluding hydrogens is 444 g/mol. The molecule has 8 heteroatoms. The molecule has 1 aliphatic carbocycles. The molecule has 2 amide bonds. The molecule has 1 N–H and O–H groups in total. The summed E-state index contributed by atoms with van der Waals surface area (Å²) in [5.41, 5.74) is 0.556. The largest absolute Gasteiger partial charge is 0.497 e. The smallest absolute Gasteiger partial charge is 0.258 e. The predicted molar refractivity (Wildman–Crippen MR) is 131 cm³/mol. The highest BCUT2D eigenvalue weighted by Gasteiger charge is 2.42. The van der Waals surface area contributed by atoms with E-state index in [1.165, 1.54) is 6.26 Å². The summed E-state index contributed by atoms with van der Waals surface area (Å²) >= 11 is 0. The molecule has 1 atom stereocenters. The van der Waals surface area contributed by atoms with Crippen LogP contribution < -0.4 is 10.1 Å². The van der Waals surface area contributed by atoms with Gasteiger partial charge in [0.25, 0.3) is 5.91 Å². The molecule has 1 fully saturated rings. The second kappa shape index (κ2) is 10.8. The second-order valence-electron chi connectivity index (χ2n) is 9.19. The SMILES string of the molecule is C#CCCC1(CCN(C(=O)c2ccoc2C)C(C(=O)NC2CCCC2)c2ccc(OC)cc2)N=N1. The Morgan fingerprint density at radius 3 is 2.51 bits per heavy atom. The van der Waals surface area contributed by atoms with Crippen LogP contribution in [0.5, 0.6) is 5.75 Å². The average molecular weight is 477 g/mol. The molecule has 35 heavy (non-hydrogen) atoms. The summed E-state index contributed by atoms with van der Waals surface area (Å²) in [5, 5.41) is 11.6. The highest BCUT2D eigenvalue weighted by molar-refractivity contribution is 5.98. The number of aryl methyl sites for hydroxylation is 1. The van der Waals surface area contributed by atoms with Gasteiger partial charge in [0.1, 0.15) is 17.6 Å². The van der Waals surface area contributed by atoms with Gasteiger partial charge in [-0.2, -0.15) is 10.2 Å². The molecule has 4 rings (SSSR count). The molecule has 1 saturated carbocycles. The number of amides is 2. The van der Waals surface area contributed by atoms with E-state index in [0.717, 1.165) is 25.7 Å². The van der Waals surface area contributed by atoms with Crippen LogP contribution in [0.4, 0.5) is 0 Å². The normalized spacial score (nSPS) is 16.9. The van der Waals surface area contributed by atoms with Gasteiger partial charge in [0, 0.05) is 31.8 Å². The monoisotopic (exact) mass is 476 g/mol. The third-order valence-electron chi connectivity index (χ3n) is 6.85. The molecule has 1 unspecified atom stereocenters. The number of benzene rings is 1. The Balaban J connectivity index is 1.67. The van der Waals surface area contributed by atoms with Crippen molar-refractivity contribution >= 4 is 11.8 Å². The number of nitrogens with one attached hydrogen (secondary N) is 1. The van der Waals surface area contributed by atoms with Crippen molar-refractivity contribution in [2.45, 2.75) is 69.6 Å². The van der Waals surface area contributed by atoms with E-state index in [1.807, 2.05) is 12.1 Å². The Morgan fingerprint density at radius 2 is 1.94 bits per heavy atom. The standard InChI is InChI=1S/C27H32N4O4/c1-4-5-15-27(29-30-27)16-17-31(26(33)23-14-18-35-19(23)2)24(20-10-12-22(34-3)13-11-20)25(32)28-21-8-6-7-9-21/h1,10-14,18,21,24H,5-9,15-17H2,2-3H3,(H,28,32). The first-order valence-corrected chi connectivity index (χ1v) is 12.1. The summed E-state index contributed by atoms with van der Waals surface area (Å²) in [6.07, 6.45) is 12.7. The minimum Gasteiger partial charge on any atom is -0.497 e. The fraction of sp³-hybridized carbons (Fsp3) is 0.481. The quantitative estimate of drug-likeness (QED) is 0.471. The lowest BCUT2D eigenvalue weighted by Crippen LogP contribution is -2.47. The molecule has 1 aromatic heterocycles. The van der Waals surface area contributed by atoms with E-state index in [1.54, 1.807) is 37.1 Å². The van der Waals surface area contributed by atoms with Gasteiger partial charge in [-0.05, 0) is 43.5 Å². The van der Waals surface area contributed by atoms with Gasteiger partial charge < -0.3 is 19.4 Å². The molecule has 8 nitrogen and oxygen atoms in total. The molecular formula is C27H32N4O4. The zero-order valence-corrected chi connectivity index (χ0v) is 20.3. The maximum Gasteiger partial charge on any atom is 0.258 e. The van der Waals surface area contributed by atoms with Crippen LogP contribution in [0.3, 0.4) is 0 Å². The molecule has 2 aromatic rings. The van der Waals surface area contributed by atoms with Crippen molar-refractivity contribution in [1.82, 2.24) is 10.2 Å². The Bertz CT molecular complexity index is 1100. The first-order chi connectivity index (χ1) is 17.0. The van der Waals surface area contributed by atoms with Crippen molar-refractivity contribution in [3.8, 4) is 18.1 Å². The number of carbonyl (C=O) groups excluding carboxylic acids is 2. The molecule has 2 heterocycles. The van der Waals surface area contributed by atoms with E-state index < -0.39 is 11.7 Å². The molecule has 1 aromatic carbocycles. The maximum atomic E-state index is 13.8. The molecule has 0 saturated heterocycles. The predicted octanol–water partition coefficient (Wildman–Crippen LogP) is 4.80. The first-order valence-electron chi connectivity index (χ1n) is 12.1. The van der Waals surface area contributed by atoms with Crippen molar-refractivity contribution in [2.75, 3.05) is 13.7 Å². The van der Waals surface area contributed by atoms with Crippen LogP contribution in [0.2, 0.25) is 0 Å². The first kappa shape index (κ1) is 24.5. The van der Waals surface area contributed by atoms with Crippen molar-refractivity contribution in [3.05, 3.63) is 53.5 Å². The number of methoxy groups -OCH3 is 1. The van der Waals surface area contributed by atoms with E-state index in [2.05, 4.69) is 21.5 Å². The Hall–Kier alpha value is -3.60. The molecule has 2 aliphatic rings. The van der Waals surface area contributed by atoms with Gasteiger partial charge in [-0.15, -0.1) is 12.3 Å². The minimum absolute atomic E-state index is 0.117. The third-order valence-corrected chi connectivity index (χ3v) is 6.85. The number of carbonyl (C=O) groups is 2. The summed E-state index contributed by atoms with van der Waals surface area (Å²) < 4.78 is 10.7. The molecule has 0 radical (unpaired) electrons. The van der Waals surface area contributed by atoms with Crippen LogP contribution in [-0.2, 0) is 4.79 Å². The lowest BCUT2D eigenvalue weighted by atomic mass is 9.99. The summed E-state index contributed by atoms with van der Waals surface area (Å²) in [6.45, 7) is 2.03. The van der Waals surface area contributed by atoms with Gasteiger partial charge in [0.05, 0.1) is 18.9 Å². The number of nitrogens with zero attached hydrogens (tertiary/aromatic N) is 3. The number of ether oxygens (including phenoxy) is 1. The number of hydrogen-bond donors (Lipinski definition) is 1. The number of terminal acetylenes is 1. The zero-order chi connectivity index (χ0) is 24.8. The second-order valence-corrected chi connectivity index (χ2v) is 9.19. The summed E-state index contributed by atoms with van der Waals surface area (Å²) in [4.78, 5) is 29.2. The highest BCUT2D eigenvalue weighted by Crippen LogP contribution is 2.38. The van der Waals surface area contributed by atoms with E-state index in [0.29, 0.717) is 41.9 Å². The third kappa shape index (κ3) is 5.73. The van der Waals surface area contributed by atoms with Crippen LogP contribution in [0, 0.1) is 19.3 Å². The number of rotatable bonds is 11. The zero-order valence-electron chi connectivity index (χ0n) is 20.3. The molecule has 0 bridgehead atoms. The van der Waals surface area contributed by atoms with Gasteiger partial charge in [-0.3, -0.25) is 9.59 Å². The van der Waals surface area contributed by atoms with Gasteiger partial charge in [0.2, 0.25) is 5.91 Å². The fourth-order valence-corrected chi connectivity index (χ4v) is 4.69. The molecule has 1 aliphatic heterocycles. The van der Waals surface area contributed by atoms with Crippen molar-refractivity contribution in [3.63, 3.8) is 0 Å². The average Bonchev–Trinajstić information content (AvgIpc) is 3.21. The van der Waals surface area contributed by atoms with E-state index >= 15 is 0 Å².